The SMILES string of the molecule is O=C(c1cccc(C(F)(F)F)c1)N1CCC(S(=O)(=O)c2ccc(Cl)cc2)C1. The van der Waals surface area contributed by atoms with E-state index in [1.807, 2.05) is 0 Å². The Labute approximate surface area is 159 Å². The second-order valence-electron chi connectivity index (χ2n) is 6.24. The Bertz CT molecular complexity index is 959. The molecule has 0 bridgehead atoms. The molecule has 0 aromatic heterocycles. The molecule has 1 aliphatic rings. The van der Waals surface area contributed by atoms with Crippen LogP contribution in [-0.2, 0) is 16.0 Å². The standard InChI is InChI=1S/C18H15ClF3NO3S/c19-14-4-6-15(7-5-14)27(25,26)16-8-9-23(11-16)17(24)12-2-1-3-13(10-12)18(20,21)22/h1-7,10,16H,8-9,11H2. The molecule has 9 heteroatoms. The van der Waals surface area contributed by atoms with E-state index in [0.29, 0.717) is 5.02 Å². The van der Waals surface area contributed by atoms with E-state index >= 15 is 0 Å². The number of carbonyl (C=O) groups is 1. The van der Waals surface area contributed by atoms with Crippen LogP contribution >= 0.6 is 11.6 Å². The van der Waals surface area contributed by atoms with Crippen LogP contribution in [0.4, 0.5) is 13.2 Å². The van der Waals surface area contributed by atoms with Crippen molar-refractivity contribution in [2.75, 3.05) is 13.1 Å². The Kier molecular flexibility index (Phi) is 5.22. The van der Waals surface area contributed by atoms with E-state index in [1.54, 1.807) is 0 Å². The van der Waals surface area contributed by atoms with Gasteiger partial charge in [-0.1, -0.05) is 17.7 Å². The molecule has 1 saturated heterocycles. The number of carbonyl (C=O) groups excluding carboxylic acids is 1. The van der Waals surface area contributed by atoms with Crippen molar-refractivity contribution in [1.82, 2.24) is 4.90 Å². The molecule has 0 aliphatic carbocycles. The molecule has 1 atom stereocenters. The summed E-state index contributed by atoms with van der Waals surface area (Å²) >= 11 is 5.77. The molecular formula is C18H15ClF3NO3S. The second kappa shape index (κ2) is 7.16. The lowest BCUT2D eigenvalue weighted by Gasteiger charge is -2.18. The number of sulfone groups is 1. The van der Waals surface area contributed by atoms with E-state index in [-0.39, 0.29) is 30.0 Å². The third-order valence-electron chi connectivity index (χ3n) is 4.45. The van der Waals surface area contributed by atoms with Gasteiger partial charge in [0.2, 0.25) is 0 Å². The number of hydrogen-bond acceptors (Lipinski definition) is 3. The fraction of sp³-hybridized carbons (Fsp3) is 0.278. The monoisotopic (exact) mass is 417 g/mol. The van der Waals surface area contributed by atoms with Gasteiger partial charge in [-0.05, 0) is 48.9 Å². The van der Waals surface area contributed by atoms with E-state index in [1.165, 1.54) is 35.2 Å². The number of rotatable bonds is 3. The van der Waals surface area contributed by atoms with Gasteiger partial charge < -0.3 is 4.90 Å². The predicted molar refractivity (Wildman–Crippen MR) is 94.4 cm³/mol. The van der Waals surface area contributed by atoms with Gasteiger partial charge in [-0.15, -0.1) is 0 Å². The van der Waals surface area contributed by atoms with E-state index < -0.39 is 32.7 Å². The third-order valence-corrected chi connectivity index (χ3v) is 6.89. The maximum atomic E-state index is 12.8. The summed E-state index contributed by atoms with van der Waals surface area (Å²) in [5.74, 6) is -0.616. The molecule has 2 aromatic rings. The van der Waals surface area contributed by atoms with Crippen LogP contribution in [0.3, 0.4) is 0 Å². The van der Waals surface area contributed by atoms with Gasteiger partial charge in [0, 0.05) is 23.7 Å². The molecule has 1 fully saturated rings. The summed E-state index contributed by atoms with van der Waals surface area (Å²) in [4.78, 5) is 13.9. The van der Waals surface area contributed by atoms with Crippen LogP contribution in [0.25, 0.3) is 0 Å². The van der Waals surface area contributed by atoms with Crippen LogP contribution < -0.4 is 0 Å². The highest BCUT2D eigenvalue weighted by molar-refractivity contribution is 7.92. The lowest BCUT2D eigenvalue weighted by molar-refractivity contribution is -0.137. The highest BCUT2D eigenvalue weighted by atomic mass is 35.5. The third kappa shape index (κ3) is 4.11. The van der Waals surface area contributed by atoms with E-state index in [9.17, 15) is 26.4 Å². The summed E-state index contributed by atoms with van der Waals surface area (Å²) in [6, 6.07) is 9.85. The Morgan fingerprint density at radius 1 is 1.11 bits per heavy atom. The first-order valence-corrected chi connectivity index (χ1v) is 9.97. The number of halogens is 4. The first kappa shape index (κ1) is 19.7. The molecule has 1 unspecified atom stereocenters. The molecule has 4 nitrogen and oxygen atoms in total. The lowest BCUT2D eigenvalue weighted by atomic mass is 10.1. The first-order valence-electron chi connectivity index (χ1n) is 8.05. The van der Waals surface area contributed by atoms with Crippen molar-refractivity contribution in [3.05, 3.63) is 64.7 Å². The van der Waals surface area contributed by atoms with Crippen LogP contribution in [0.5, 0.6) is 0 Å². The van der Waals surface area contributed by atoms with Crippen molar-refractivity contribution in [2.45, 2.75) is 22.7 Å². The quantitative estimate of drug-likeness (QED) is 0.757. The minimum Gasteiger partial charge on any atom is -0.337 e. The summed E-state index contributed by atoms with van der Waals surface area (Å²) in [6.45, 7) is 0.0899. The number of likely N-dealkylation sites (tertiary alicyclic amines) is 1. The van der Waals surface area contributed by atoms with Gasteiger partial charge in [0.1, 0.15) is 0 Å². The van der Waals surface area contributed by atoms with Crippen molar-refractivity contribution in [1.29, 1.82) is 0 Å². The second-order valence-corrected chi connectivity index (χ2v) is 8.90. The zero-order valence-corrected chi connectivity index (χ0v) is 15.5. The average Bonchev–Trinajstić information content (AvgIpc) is 3.12. The number of benzene rings is 2. The molecule has 1 aliphatic heterocycles. The van der Waals surface area contributed by atoms with Gasteiger partial charge in [-0.3, -0.25) is 4.79 Å². The molecule has 3 rings (SSSR count). The molecule has 0 radical (unpaired) electrons. The minimum atomic E-state index is -4.55. The molecular weight excluding hydrogens is 403 g/mol. The molecule has 0 spiro atoms. The highest BCUT2D eigenvalue weighted by Crippen LogP contribution is 2.31. The van der Waals surface area contributed by atoms with Crippen LogP contribution in [0.2, 0.25) is 5.02 Å². The number of hydrogen-bond donors (Lipinski definition) is 0. The van der Waals surface area contributed by atoms with Gasteiger partial charge in [0.15, 0.2) is 9.84 Å². The van der Waals surface area contributed by atoms with E-state index in [4.69, 9.17) is 11.6 Å². The summed E-state index contributed by atoms with van der Waals surface area (Å²) in [7, 11) is -3.67. The zero-order valence-electron chi connectivity index (χ0n) is 13.9. The molecule has 27 heavy (non-hydrogen) atoms. The lowest BCUT2D eigenvalue weighted by Crippen LogP contribution is -2.32. The maximum Gasteiger partial charge on any atom is 0.416 e. The summed E-state index contributed by atoms with van der Waals surface area (Å²) in [6.07, 6.45) is -4.34. The molecule has 0 saturated carbocycles. The number of nitrogens with zero attached hydrogens (tertiary/aromatic N) is 1. The van der Waals surface area contributed by atoms with Crippen LogP contribution in [0, 0.1) is 0 Å². The number of amides is 1. The topological polar surface area (TPSA) is 54.5 Å². The molecule has 144 valence electrons. The van der Waals surface area contributed by atoms with E-state index in [0.717, 1.165) is 18.2 Å². The van der Waals surface area contributed by atoms with Crippen molar-refractivity contribution in [3.63, 3.8) is 0 Å². The zero-order chi connectivity index (χ0) is 19.8. The summed E-state index contributed by atoms with van der Waals surface area (Å²) < 4.78 is 63.9. The fourth-order valence-electron chi connectivity index (χ4n) is 2.99. The highest BCUT2D eigenvalue weighted by Gasteiger charge is 2.37. The molecule has 2 aromatic carbocycles. The van der Waals surface area contributed by atoms with Crippen molar-refractivity contribution in [2.24, 2.45) is 0 Å². The Morgan fingerprint density at radius 3 is 2.41 bits per heavy atom. The Hall–Kier alpha value is -2.06. The smallest absolute Gasteiger partial charge is 0.337 e. The van der Waals surface area contributed by atoms with Crippen LogP contribution in [0.1, 0.15) is 22.3 Å². The van der Waals surface area contributed by atoms with Gasteiger partial charge >= 0.3 is 6.18 Å². The van der Waals surface area contributed by atoms with Crippen LogP contribution in [0.15, 0.2) is 53.4 Å². The largest absolute Gasteiger partial charge is 0.416 e. The van der Waals surface area contributed by atoms with Gasteiger partial charge in [0.05, 0.1) is 15.7 Å². The van der Waals surface area contributed by atoms with Gasteiger partial charge in [-0.2, -0.15) is 13.2 Å². The van der Waals surface area contributed by atoms with Crippen molar-refractivity contribution in [3.8, 4) is 0 Å². The Morgan fingerprint density at radius 2 is 1.78 bits per heavy atom. The summed E-state index contributed by atoms with van der Waals surface area (Å²) in [5.41, 5.74) is -1.03. The molecule has 1 heterocycles. The predicted octanol–water partition coefficient (Wildman–Crippen LogP) is 4.05. The maximum absolute atomic E-state index is 12.8. The molecule has 0 N–H and O–H groups in total. The van der Waals surface area contributed by atoms with Gasteiger partial charge in [-0.25, -0.2) is 8.42 Å². The number of alkyl halides is 3. The normalized spacial score (nSPS) is 17.9. The minimum absolute atomic E-state index is 0.0694. The average molecular weight is 418 g/mol. The van der Waals surface area contributed by atoms with E-state index in [2.05, 4.69) is 0 Å². The van der Waals surface area contributed by atoms with Gasteiger partial charge in [0.25, 0.3) is 5.91 Å². The first-order chi connectivity index (χ1) is 12.6. The van der Waals surface area contributed by atoms with Crippen LogP contribution in [-0.4, -0.2) is 37.6 Å². The van der Waals surface area contributed by atoms with Crippen molar-refractivity contribution < 1.29 is 26.4 Å². The Balaban J connectivity index is 1.78. The van der Waals surface area contributed by atoms with Crippen molar-refractivity contribution >= 4 is 27.3 Å². The summed E-state index contributed by atoms with van der Waals surface area (Å²) in [5, 5.41) is -0.407. The fourth-order valence-corrected chi connectivity index (χ4v) is 4.81. The molecule has 1 amide bonds.